The minimum absolute atomic E-state index is 0.345. The first-order chi connectivity index (χ1) is 14.5. The second-order valence-electron chi connectivity index (χ2n) is 6.22. The number of aromatic nitrogens is 1. The molecule has 0 saturated heterocycles. The molecule has 0 spiro atoms. The van der Waals surface area contributed by atoms with Gasteiger partial charge in [-0.1, -0.05) is 11.3 Å². The van der Waals surface area contributed by atoms with E-state index in [1.807, 2.05) is 10.6 Å². The molecule has 3 rings (SSSR count). The second kappa shape index (κ2) is 9.55. The van der Waals surface area contributed by atoms with Gasteiger partial charge in [0, 0.05) is 25.3 Å². The van der Waals surface area contributed by atoms with E-state index in [1.165, 1.54) is 32.7 Å². The van der Waals surface area contributed by atoms with Crippen LogP contribution in [0, 0.1) is 0 Å². The maximum atomic E-state index is 12.9. The van der Waals surface area contributed by atoms with Crippen molar-refractivity contribution in [3.05, 3.63) is 52.3 Å². The van der Waals surface area contributed by atoms with Gasteiger partial charge < -0.3 is 23.5 Å². The largest absolute Gasteiger partial charge is 0.497 e. The van der Waals surface area contributed by atoms with Crippen LogP contribution in [0.1, 0.15) is 20.7 Å². The Hall–Kier alpha value is -3.17. The van der Waals surface area contributed by atoms with E-state index in [0.717, 1.165) is 10.2 Å². The van der Waals surface area contributed by atoms with Crippen molar-refractivity contribution in [2.24, 2.45) is 4.99 Å². The highest BCUT2D eigenvalue weighted by Gasteiger charge is 2.14. The quantitative estimate of drug-likeness (QED) is 0.536. The Labute approximate surface area is 177 Å². The number of hydrogen-bond donors (Lipinski definition) is 0. The topological polar surface area (TPSA) is 88.4 Å². The molecule has 9 heteroatoms. The zero-order valence-corrected chi connectivity index (χ0v) is 17.9. The van der Waals surface area contributed by atoms with Gasteiger partial charge in [-0.2, -0.15) is 4.99 Å². The minimum Gasteiger partial charge on any atom is -0.497 e. The molecule has 0 saturated carbocycles. The van der Waals surface area contributed by atoms with E-state index in [2.05, 4.69) is 4.99 Å². The van der Waals surface area contributed by atoms with Gasteiger partial charge in [0.05, 0.1) is 43.7 Å². The van der Waals surface area contributed by atoms with Crippen LogP contribution in [0.15, 0.2) is 41.4 Å². The Morgan fingerprint density at radius 3 is 2.27 bits per heavy atom. The number of ether oxygens (including phenoxy) is 4. The van der Waals surface area contributed by atoms with E-state index in [9.17, 15) is 9.59 Å². The summed E-state index contributed by atoms with van der Waals surface area (Å²) in [6.45, 7) is 0.945. The highest BCUT2D eigenvalue weighted by Crippen LogP contribution is 2.24. The zero-order valence-electron chi connectivity index (χ0n) is 17.1. The fourth-order valence-corrected chi connectivity index (χ4v) is 3.98. The molecule has 0 fully saturated rings. The van der Waals surface area contributed by atoms with E-state index < -0.39 is 11.9 Å². The van der Waals surface area contributed by atoms with Gasteiger partial charge in [-0.15, -0.1) is 0 Å². The average molecular weight is 430 g/mol. The lowest BCUT2D eigenvalue weighted by molar-refractivity contribution is 0.0600. The molecule has 8 nitrogen and oxygen atoms in total. The number of carbonyl (C=O) groups is 2. The maximum absolute atomic E-state index is 12.9. The van der Waals surface area contributed by atoms with Crippen LogP contribution in [-0.2, 0) is 16.0 Å². The molecule has 0 radical (unpaired) electrons. The van der Waals surface area contributed by atoms with Crippen LogP contribution in [0.3, 0.4) is 0 Å². The second-order valence-corrected chi connectivity index (χ2v) is 7.23. The molecular formula is C21H22N2O6S. The summed E-state index contributed by atoms with van der Waals surface area (Å²) in [5, 5.41) is 0. The first kappa shape index (κ1) is 21.5. The summed E-state index contributed by atoms with van der Waals surface area (Å²) in [6.07, 6.45) is 0. The van der Waals surface area contributed by atoms with Gasteiger partial charge in [-0.25, -0.2) is 4.79 Å². The number of esters is 1. The first-order valence-corrected chi connectivity index (χ1v) is 9.85. The Bertz CT molecular complexity index is 1130. The number of fused-ring (bicyclic) bond motifs is 1. The summed E-state index contributed by atoms with van der Waals surface area (Å²) >= 11 is 1.31. The predicted molar refractivity (Wildman–Crippen MR) is 112 cm³/mol. The summed E-state index contributed by atoms with van der Waals surface area (Å²) in [6, 6.07) is 10.1. The molecule has 3 aromatic rings. The lowest BCUT2D eigenvalue weighted by atomic mass is 10.2. The maximum Gasteiger partial charge on any atom is 0.337 e. The number of thiazole rings is 1. The van der Waals surface area contributed by atoms with Crippen LogP contribution in [0.2, 0.25) is 0 Å². The monoisotopic (exact) mass is 430 g/mol. The van der Waals surface area contributed by atoms with Crippen molar-refractivity contribution in [3.8, 4) is 11.5 Å². The summed E-state index contributed by atoms with van der Waals surface area (Å²) < 4.78 is 23.2. The van der Waals surface area contributed by atoms with Crippen LogP contribution < -0.4 is 14.3 Å². The minimum atomic E-state index is -0.432. The Kier molecular flexibility index (Phi) is 6.86. The molecule has 0 atom stereocenters. The van der Waals surface area contributed by atoms with Crippen LogP contribution in [0.5, 0.6) is 11.5 Å². The molecule has 0 N–H and O–H groups in total. The molecule has 0 aliphatic rings. The standard InChI is InChI=1S/C21H22N2O6S/c1-26-8-7-23-17-6-5-13(20(25)29-4)11-18(17)30-21(23)22-19(24)14-9-15(27-2)12-16(10-14)28-3/h5-6,9-12H,7-8H2,1-4H3. The number of benzene rings is 2. The molecule has 1 heterocycles. The van der Waals surface area contributed by atoms with Gasteiger partial charge in [0.25, 0.3) is 5.91 Å². The fraction of sp³-hybridized carbons (Fsp3) is 0.286. The highest BCUT2D eigenvalue weighted by atomic mass is 32.1. The Morgan fingerprint density at radius 2 is 1.67 bits per heavy atom. The number of nitrogens with zero attached hydrogens (tertiary/aromatic N) is 2. The Morgan fingerprint density at radius 1 is 0.967 bits per heavy atom. The SMILES string of the molecule is COCCn1c(=NC(=O)c2cc(OC)cc(OC)c2)sc2cc(C(=O)OC)ccc21. The van der Waals surface area contributed by atoms with Crippen molar-refractivity contribution in [3.63, 3.8) is 0 Å². The van der Waals surface area contributed by atoms with E-state index in [1.54, 1.807) is 37.4 Å². The van der Waals surface area contributed by atoms with Crippen molar-refractivity contribution < 1.29 is 28.5 Å². The van der Waals surface area contributed by atoms with Crippen molar-refractivity contribution >= 4 is 33.4 Å². The van der Waals surface area contributed by atoms with E-state index in [-0.39, 0.29) is 0 Å². The van der Waals surface area contributed by atoms with Crippen LogP contribution in [0.25, 0.3) is 10.2 Å². The van der Waals surface area contributed by atoms with Crippen molar-refractivity contribution in [1.29, 1.82) is 0 Å². The zero-order chi connectivity index (χ0) is 21.7. The third-order valence-electron chi connectivity index (χ3n) is 4.42. The summed E-state index contributed by atoms with van der Waals surface area (Å²) in [5.74, 6) is 0.142. The van der Waals surface area contributed by atoms with Crippen LogP contribution in [-0.4, -0.2) is 51.5 Å². The van der Waals surface area contributed by atoms with Gasteiger partial charge in [0.1, 0.15) is 11.5 Å². The summed E-state index contributed by atoms with van der Waals surface area (Å²) in [7, 11) is 5.98. The van der Waals surface area contributed by atoms with Gasteiger partial charge >= 0.3 is 5.97 Å². The molecule has 0 aliphatic heterocycles. The number of rotatable bonds is 7. The predicted octanol–water partition coefficient (Wildman–Crippen LogP) is 2.89. The van der Waals surface area contributed by atoms with Crippen molar-refractivity contribution in [2.45, 2.75) is 6.54 Å². The number of amides is 1. The molecule has 0 aliphatic carbocycles. The molecular weight excluding hydrogens is 408 g/mol. The van der Waals surface area contributed by atoms with E-state index in [4.69, 9.17) is 18.9 Å². The molecule has 1 amide bonds. The summed E-state index contributed by atoms with van der Waals surface area (Å²) in [5.41, 5.74) is 1.62. The fourth-order valence-electron chi connectivity index (χ4n) is 2.88. The van der Waals surface area contributed by atoms with Crippen LogP contribution in [0.4, 0.5) is 0 Å². The average Bonchev–Trinajstić information content (AvgIpc) is 3.12. The molecule has 1 aromatic heterocycles. The Balaban J connectivity index is 2.11. The lowest BCUT2D eigenvalue weighted by Crippen LogP contribution is -2.19. The number of methoxy groups -OCH3 is 4. The highest BCUT2D eigenvalue weighted by molar-refractivity contribution is 7.16. The molecule has 30 heavy (non-hydrogen) atoms. The molecule has 0 bridgehead atoms. The van der Waals surface area contributed by atoms with Gasteiger partial charge in [-0.05, 0) is 30.3 Å². The van der Waals surface area contributed by atoms with Gasteiger partial charge in [0.2, 0.25) is 0 Å². The van der Waals surface area contributed by atoms with Crippen LogP contribution >= 0.6 is 11.3 Å². The van der Waals surface area contributed by atoms with Crippen molar-refractivity contribution in [1.82, 2.24) is 4.57 Å². The van der Waals surface area contributed by atoms with E-state index >= 15 is 0 Å². The molecule has 158 valence electrons. The number of hydrogen-bond acceptors (Lipinski definition) is 7. The smallest absolute Gasteiger partial charge is 0.337 e. The summed E-state index contributed by atoms with van der Waals surface area (Å²) in [4.78, 5) is 29.6. The third kappa shape index (κ3) is 4.52. The first-order valence-electron chi connectivity index (χ1n) is 9.03. The normalized spacial score (nSPS) is 11.5. The number of carbonyl (C=O) groups excluding carboxylic acids is 2. The van der Waals surface area contributed by atoms with Gasteiger partial charge in [-0.3, -0.25) is 4.79 Å². The molecule has 0 unspecified atom stereocenters. The lowest BCUT2D eigenvalue weighted by Gasteiger charge is -2.06. The third-order valence-corrected chi connectivity index (χ3v) is 5.46. The molecule has 2 aromatic carbocycles. The van der Waals surface area contributed by atoms with Gasteiger partial charge in [0.15, 0.2) is 4.80 Å². The van der Waals surface area contributed by atoms with Crippen molar-refractivity contribution in [2.75, 3.05) is 35.0 Å². The van der Waals surface area contributed by atoms with E-state index in [0.29, 0.717) is 40.6 Å².